The van der Waals surface area contributed by atoms with Gasteiger partial charge in [0.05, 0.1) is 0 Å². The van der Waals surface area contributed by atoms with Gasteiger partial charge in [0, 0.05) is 12.0 Å². The van der Waals surface area contributed by atoms with Gasteiger partial charge in [-0.25, -0.2) is 0 Å². The summed E-state index contributed by atoms with van der Waals surface area (Å²) in [7, 11) is 0. The van der Waals surface area contributed by atoms with Crippen molar-refractivity contribution in [2.45, 2.75) is 53.0 Å². The zero-order chi connectivity index (χ0) is 9.78. The molecule has 0 aromatic rings. The number of hydrogen-bond acceptors (Lipinski definition) is 1. The van der Waals surface area contributed by atoms with Crippen molar-refractivity contribution in [1.29, 1.82) is 0 Å². The molecule has 12 heavy (non-hydrogen) atoms. The Bertz CT molecular complexity index is 150. The van der Waals surface area contributed by atoms with Gasteiger partial charge >= 0.3 is 0 Å². The Morgan fingerprint density at radius 2 is 1.92 bits per heavy atom. The highest BCUT2D eigenvalue weighted by atomic mass is 16.1. The number of carbonyl (C=O) groups excluding carboxylic acids is 1. The highest BCUT2D eigenvalue weighted by Crippen LogP contribution is 2.15. The van der Waals surface area contributed by atoms with Crippen LogP contribution in [-0.4, -0.2) is 11.4 Å². The van der Waals surface area contributed by atoms with E-state index in [-0.39, 0.29) is 11.4 Å². The summed E-state index contributed by atoms with van der Waals surface area (Å²) in [6.07, 6.45) is 1.55. The Kier molecular flexibility index (Phi) is 4.29. The molecule has 0 atom stereocenters. The van der Waals surface area contributed by atoms with Gasteiger partial charge in [0.25, 0.3) is 0 Å². The predicted octanol–water partition coefficient (Wildman–Crippen LogP) is 2.34. The van der Waals surface area contributed by atoms with Crippen LogP contribution in [0, 0.1) is 5.92 Å². The molecule has 0 aliphatic heterocycles. The summed E-state index contributed by atoms with van der Waals surface area (Å²) in [6.45, 7) is 10.4. The molecule has 0 fully saturated rings. The van der Waals surface area contributed by atoms with Crippen molar-refractivity contribution in [3.63, 3.8) is 0 Å². The molecule has 1 amide bonds. The van der Waals surface area contributed by atoms with E-state index in [1.165, 1.54) is 0 Å². The number of nitrogens with one attached hydrogen (secondary N) is 1. The van der Waals surface area contributed by atoms with Crippen LogP contribution in [0.2, 0.25) is 0 Å². The van der Waals surface area contributed by atoms with E-state index in [1.807, 2.05) is 6.92 Å². The fraction of sp³-hybridized carbons (Fsp3) is 0.900. The molecule has 0 aromatic carbocycles. The lowest BCUT2D eigenvalue weighted by Gasteiger charge is -2.30. The Morgan fingerprint density at radius 1 is 1.42 bits per heavy atom. The van der Waals surface area contributed by atoms with Crippen LogP contribution in [0.5, 0.6) is 0 Å². The topological polar surface area (TPSA) is 29.1 Å². The predicted molar refractivity (Wildman–Crippen MR) is 52.0 cm³/mol. The molecular formula is C10H21NO. The minimum atomic E-state index is -0.0771. The van der Waals surface area contributed by atoms with Crippen LogP contribution in [0.4, 0.5) is 0 Å². The van der Waals surface area contributed by atoms with Gasteiger partial charge in [-0.3, -0.25) is 4.79 Å². The summed E-state index contributed by atoms with van der Waals surface area (Å²) >= 11 is 0. The summed E-state index contributed by atoms with van der Waals surface area (Å²) in [4.78, 5) is 11.3. The summed E-state index contributed by atoms with van der Waals surface area (Å²) < 4.78 is 0. The first-order valence-corrected chi connectivity index (χ1v) is 4.71. The number of carbonyl (C=O) groups is 1. The van der Waals surface area contributed by atoms with E-state index in [1.54, 1.807) is 0 Å². The Balaban J connectivity index is 3.97. The zero-order valence-corrected chi connectivity index (χ0v) is 8.90. The van der Waals surface area contributed by atoms with Crippen molar-refractivity contribution in [2.24, 2.45) is 5.92 Å². The quantitative estimate of drug-likeness (QED) is 0.691. The van der Waals surface area contributed by atoms with E-state index in [0.717, 1.165) is 6.42 Å². The van der Waals surface area contributed by atoms with E-state index < -0.39 is 0 Å². The van der Waals surface area contributed by atoms with Crippen molar-refractivity contribution in [3.05, 3.63) is 0 Å². The van der Waals surface area contributed by atoms with Gasteiger partial charge in [-0.2, -0.15) is 0 Å². The third-order valence-electron chi connectivity index (χ3n) is 2.38. The second kappa shape index (κ2) is 4.48. The summed E-state index contributed by atoms with van der Waals surface area (Å²) in [5.74, 6) is 0.634. The molecule has 0 spiro atoms. The molecule has 72 valence electrons. The molecule has 0 radical (unpaired) electrons. The first-order valence-electron chi connectivity index (χ1n) is 4.71. The van der Waals surface area contributed by atoms with Crippen LogP contribution in [0.15, 0.2) is 0 Å². The maximum absolute atomic E-state index is 11.3. The van der Waals surface area contributed by atoms with E-state index in [9.17, 15) is 4.79 Å². The monoisotopic (exact) mass is 171 g/mol. The van der Waals surface area contributed by atoms with Crippen LogP contribution in [-0.2, 0) is 4.79 Å². The smallest absolute Gasteiger partial charge is 0.220 e. The van der Waals surface area contributed by atoms with Crippen molar-refractivity contribution in [1.82, 2.24) is 5.32 Å². The second-order valence-corrected chi connectivity index (χ2v) is 4.17. The van der Waals surface area contributed by atoms with Crippen LogP contribution in [0.25, 0.3) is 0 Å². The van der Waals surface area contributed by atoms with Gasteiger partial charge in [0.2, 0.25) is 5.91 Å². The fourth-order valence-corrected chi connectivity index (χ4v) is 0.793. The van der Waals surface area contributed by atoms with Crippen LogP contribution < -0.4 is 5.32 Å². The normalized spacial score (nSPS) is 11.8. The molecule has 0 bridgehead atoms. The largest absolute Gasteiger partial charge is 0.351 e. The maximum Gasteiger partial charge on any atom is 0.220 e. The Morgan fingerprint density at radius 3 is 2.25 bits per heavy atom. The van der Waals surface area contributed by atoms with Gasteiger partial charge in [-0.15, -0.1) is 0 Å². The standard InChI is InChI=1S/C10H21NO/c1-6-7-9(12)11-10(4,5)8(2)3/h8H,6-7H2,1-5H3,(H,11,12). The minimum Gasteiger partial charge on any atom is -0.351 e. The van der Waals surface area contributed by atoms with Gasteiger partial charge < -0.3 is 5.32 Å². The minimum absolute atomic E-state index is 0.0771. The maximum atomic E-state index is 11.3. The molecular weight excluding hydrogens is 150 g/mol. The van der Waals surface area contributed by atoms with E-state index in [4.69, 9.17) is 0 Å². The molecule has 0 aliphatic carbocycles. The molecule has 0 aromatic heterocycles. The Hall–Kier alpha value is -0.530. The van der Waals surface area contributed by atoms with Crippen molar-refractivity contribution < 1.29 is 4.79 Å². The molecule has 2 heteroatoms. The average Bonchev–Trinajstić information content (AvgIpc) is 1.85. The molecule has 0 aliphatic rings. The highest BCUT2D eigenvalue weighted by Gasteiger charge is 2.23. The molecule has 0 rings (SSSR count). The molecule has 0 saturated heterocycles. The van der Waals surface area contributed by atoms with Gasteiger partial charge in [0.1, 0.15) is 0 Å². The number of amides is 1. The lowest BCUT2D eigenvalue weighted by molar-refractivity contribution is -0.123. The van der Waals surface area contributed by atoms with E-state index in [2.05, 4.69) is 33.0 Å². The summed E-state index contributed by atoms with van der Waals surface area (Å²) in [5.41, 5.74) is -0.0771. The lowest BCUT2D eigenvalue weighted by atomic mass is 9.90. The molecule has 0 unspecified atom stereocenters. The van der Waals surface area contributed by atoms with Crippen LogP contribution >= 0.6 is 0 Å². The van der Waals surface area contributed by atoms with Crippen molar-refractivity contribution in [3.8, 4) is 0 Å². The van der Waals surface area contributed by atoms with Gasteiger partial charge in [-0.05, 0) is 26.2 Å². The summed E-state index contributed by atoms with van der Waals surface area (Å²) in [5, 5.41) is 3.02. The van der Waals surface area contributed by atoms with E-state index >= 15 is 0 Å². The lowest BCUT2D eigenvalue weighted by Crippen LogP contribution is -2.47. The first kappa shape index (κ1) is 11.5. The number of hydrogen-bond donors (Lipinski definition) is 1. The third-order valence-corrected chi connectivity index (χ3v) is 2.38. The average molecular weight is 171 g/mol. The van der Waals surface area contributed by atoms with Gasteiger partial charge in [0.15, 0.2) is 0 Å². The van der Waals surface area contributed by atoms with E-state index in [0.29, 0.717) is 12.3 Å². The Labute approximate surface area is 75.7 Å². The second-order valence-electron chi connectivity index (χ2n) is 4.17. The SMILES string of the molecule is CCCC(=O)NC(C)(C)C(C)C. The van der Waals surface area contributed by atoms with Crippen LogP contribution in [0.3, 0.4) is 0 Å². The number of rotatable bonds is 4. The molecule has 1 N–H and O–H groups in total. The zero-order valence-electron chi connectivity index (χ0n) is 8.90. The first-order chi connectivity index (χ1) is 5.40. The molecule has 0 heterocycles. The van der Waals surface area contributed by atoms with Gasteiger partial charge in [-0.1, -0.05) is 20.8 Å². The summed E-state index contributed by atoms with van der Waals surface area (Å²) in [6, 6.07) is 0. The van der Waals surface area contributed by atoms with Crippen LogP contribution in [0.1, 0.15) is 47.5 Å². The molecule has 2 nitrogen and oxygen atoms in total. The molecule has 0 saturated carbocycles. The fourth-order valence-electron chi connectivity index (χ4n) is 0.793. The highest BCUT2D eigenvalue weighted by molar-refractivity contribution is 5.76. The van der Waals surface area contributed by atoms with Crippen molar-refractivity contribution in [2.75, 3.05) is 0 Å². The third kappa shape index (κ3) is 3.74. The van der Waals surface area contributed by atoms with Crippen molar-refractivity contribution >= 4 is 5.91 Å².